The van der Waals surface area contributed by atoms with Gasteiger partial charge in [0.25, 0.3) is 5.91 Å². The van der Waals surface area contributed by atoms with Gasteiger partial charge in [0, 0.05) is 22.9 Å². The van der Waals surface area contributed by atoms with E-state index in [1.807, 2.05) is 62.4 Å². The summed E-state index contributed by atoms with van der Waals surface area (Å²) in [7, 11) is 1.31. The molecule has 7 heteroatoms. The maximum absolute atomic E-state index is 13.8. The fraction of sp³-hybridized carbons (Fsp3) is 0.143. The Morgan fingerprint density at radius 1 is 1.09 bits per heavy atom. The quantitative estimate of drug-likeness (QED) is 0.342. The van der Waals surface area contributed by atoms with Crippen LogP contribution < -0.4 is 16.4 Å². The molecule has 3 aromatic rings. The molecule has 178 valence electrons. The van der Waals surface area contributed by atoms with Crippen molar-refractivity contribution in [3.8, 4) is 0 Å². The Labute approximate surface area is 203 Å². The molecule has 0 atom stereocenters. The van der Waals surface area contributed by atoms with Crippen molar-refractivity contribution in [2.75, 3.05) is 17.7 Å². The number of esters is 1. The molecule has 0 radical (unpaired) electrons. The number of nitrogens with one attached hydrogen (secondary N) is 2. The lowest BCUT2D eigenvalue weighted by molar-refractivity contribution is -0.134. The third kappa shape index (κ3) is 5.31. The summed E-state index contributed by atoms with van der Waals surface area (Å²) in [5.41, 5.74) is 10.8. The molecule has 0 aliphatic carbocycles. The van der Waals surface area contributed by atoms with Gasteiger partial charge in [0.15, 0.2) is 0 Å². The van der Waals surface area contributed by atoms with Gasteiger partial charge in [-0.3, -0.25) is 4.79 Å². The zero-order chi connectivity index (χ0) is 25.2. The number of ether oxygens (including phenoxy) is 1. The lowest BCUT2D eigenvalue weighted by Crippen LogP contribution is -2.28. The highest BCUT2D eigenvalue weighted by Crippen LogP contribution is 2.38. The van der Waals surface area contributed by atoms with Gasteiger partial charge < -0.3 is 21.1 Å². The van der Waals surface area contributed by atoms with Crippen LogP contribution >= 0.6 is 0 Å². The van der Waals surface area contributed by atoms with Crippen molar-refractivity contribution >= 4 is 40.6 Å². The molecule has 0 saturated heterocycles. The summed E-state index contributed by atoms with van der Waals surface area (Å²) < 4.78 is 18.5. The van der Waals surface area contributed by atoms with Gasteiger partial charge >= 0.3 is 5.97 Å². The van der Waals surface area contributed by atoms with Crippen LogP contribution in [0.2, 0.25) is 0 Å². The van der Waals surface area contributed by atoms with Gasteiger partial charge in [0.1, 0.15) is 5.82 Å². The van der Waals surface area contributed by atoms with E-state index in [0.29, 0.717) is 28.1 Å². The monoisotopic (exact) mass is 471 g/mol. The normalized spacial score (nSPS) is 14.5. The zero-order valence-electron chi connectivity index (χ0n) is 19.7. The lowest BCUT2D eigenvalue weighted by atomic mass is 9.95. The first-order valence-corrected chi connectivity index (χ1v) is 11.0. The number of hydrogen-bond donors (Lipinski definition) is 3. The Bertz CT molecular complexity index is 1350. The first-order chi connectivity index (χ1) is 16.7. The molecule has 1 aliphatic heterocycles. The van der Waals surface area contributed by atoms with Gasteiger partial charge in [-0.05, 0) is 73.0 Å². The number of benzene rings is 3. The summed E-state index contributed by atoms with van der Waals surface area (Å²) in [6.45, 7) is 3.85. The topological polar surface area (TPSA) is 93.4 Å². The predicted molar refractivity (Wildman–Crippen MR) is 137 cm³/mol. The smallest absolute Gasteiger partial charge is 0.330 e. The number of amides is 1. The number of hydrogen-bond acceptors (Lipinski definition) is 5. The average Bonchev–Trinajstić information content (AvgIpc) is 3.15. The molecule has 0 aromatic heterocycles. The van der Waals surface area contributed by atoms with Crippen LogP contribution in [0.4, 0.5) is 15.8 Å². The highest BCUT2D eigenvalue weighted by molar-refractivity contribution is 6.37. The second kappa shape index (κ2) is 9.56. The fourth-order valence-electron chi connectivity index (χ4n) is 3.83. The second-order valence-electron chi connectivity index (χ2n) is 8.80. The Balaban J connectivity index is 1.83. The van der Waals surface area contributed by atoms with Crippen molar-refractivity contribution in [2.24, 2.45) is 5.73 Å². The maximum Gasteiger partial charge on any atom is 0.330 e. The third-order valence-corrected chi connectivity index (χ3v) is 5.66. The number of halogens is 1. The molecular weight excluding hydrogens is 445 g/mol. The molecule has 0 bridgehead atoms. The summed E-state index contributed by atoms with van der Waals surface area (Å²) in [6.07, 6.45) is 2.96. The maximum atomic E-state index is 13.8. The van der Waals surface area contributed by atoms with Crippen molar-refractivity contribution in [1.82, 2.24) is 0 Å². The molecule has 3 aromatic carbocycles. The Kier molecular flexibility index (Phi) is 6.53. The molecule has 1 aliphatic rings. The van der Waals surface area contributed by atoms with E-state index in [4.69, 9.17) is 5.73 Å². The van der Waals surface area contributed by atoms with Gasteiger partial charge in [-0.2, -0.15) is 0 Å². The van der Waals surface area contributed by atoms with Crippen LogP contribution in [0.5, 0.6) is 0 Å². The van der Waals surface area contributed by atoms with Crippen LogP contribution in [0.25, 0.3) is 17.3 Å². The van der Waals surface area contributed by atoms with Gasteiger partial charge in [-0.15, -0.1) is 0 Å². The van der Waals surface area contributed by atoms with Crippen LogP contribution in [0.15, 0.2) is 72.8 Å². The molecule has 0 saturated carbocycles. The summed E-state index contributed by atoms with van der Waals surface area (Å²) in [5, 5.41) is 6.12. The van der Waals surface area contributed by atoms with Gasteiger partial charge in [0.2, 0.25) is 0 Å². The van der Waals surface area contributed by atoms with Crippen molar-refractivity contribution in [3.05, 3.63) is 101 Å². The minimum absolute atomic E-state index is 0.344. The number of rotatable bonds is 6. The van der Waals surface area contributed by atoms with Crippen molar-refractivity contribution in [1.29, 1.82) is 0 Å². The van der Waals surface area contributed by atoms with E-state index >= 15 is 0 Å². The highest BCUT2D eigenvalue weighted by Gasteiger charge is 2.29. The van der Waals surface area contributed by atoms with E-state index in [-0.39, 0.29) is 5.91 Å². The van der Waals surface area contributed by atoms with Gasteiger partial charge in [0.05, 0.1) is 24.1 Å². The highest BCUT2D eigenvalue weighted by atomic mass is 19.1. The van der Waals surface area contributed by atoms with E-state index < -0.39 is 17.3 Å². The molecule has 6 nitrogen and oxygen atoms in total. The number of fused-ring (bicyclic) bond motifs is 1. The number of anilines is 2. The minimum atomic E-state index is -0.492. The second-order valence-corrected chi connectivity index (χ2v) is 8.80. The fourth-order valence-corrected chi connectivity index (χ4v) is 3.83. The summed E-state index contributed by atoms with van der Waals surface area (Å²) in [5.74, 6) is -1.25. The Hall–Kier alpha value is -4.23. The van der Waals surface area contributed by atoms with E-state index in [1.165, 1.54) is 25.3 Å². The first kappa shape index (κ1) is 23.9. The SMILES string of the molecule is COC(=O)/C=C/c1cccc(/C(Nc2ccc(C(C)(C)N)cc2)=C2/C(=O)Nc3cc(F)ccc32)c1. The molecule has 4 N–H and O–H groups in total. The van der Waals surface area contributed by atoms with E-state index in [0.717, 1.165) is 16.8 Å². The molecule has 0 spiro atoms. The molecule has 1 amide bonds. The standard InChI is InChI=1S/C28H26FN3O3/c1-28(2,30)19-8-11-21(12-9-19)31-26(18-6-4-5-17(15-18)7-14-24(33)35-3)25-22-13-10-20(29)16-23(22)32-27(25)34/h4-16,31H,30H2,1-3H3,(H,32,34)/b14-7+,26-25-. The summed E-state index contributed by atoms with van der Waals surface area (Å²) >= 11 is 0. The molecule has 0 fully saturated rings. The van der Waals surface area contributed by atoms with Crippen LogP contribution in [-0.2, 0) is 19.9 Å². The third-order valence-electron chi connectivity index (χ3n) is 5.66. The van der Waals surface area contributed by atoms with E-state index in [1.54, 1.807) is 12.1 Å². The molecule has 0 unspecified atom stereocenters. The largest absolute Gasteiger partial charge is 0.466 e. The molecule has 35 heavy (non-hydrogen) atoms. The first-order valence-electron chi connectivity index (χ1n) is 11.0. The van der Waals surface area contributed by atoms with Gasteiger partial charge in [-0.25, -0.2) is 9.18 Å². The Morgan fingerprint density at radius 3 is 2.51 bits per heavy atom. The van der Waals surface area contributed by atoms with Crippen molar-refractivity contribution in [3.63, 3.8) is 0 Å². The number of carbonyl (C=O) groups excluding carboxylic acids is 2. The van der Waals surface area contributed by atoms with Crippen molar-refractivity contribution < 1.29 is 18.7 Å². The average molecular weight is 472 g/mol. The molecular formula is C28H26FN3O3. The molecule has 4 rings (SSSR count). The van der Waals surface area contributed by atoms with Crippen LogP contribution in [0.1, 0.15) is 36.1 Å². The number of methoxy groups -OCH3 is 1. The van der Waals surface area contributed by atoms with E-state index in [9.17, 15) is 14.0 Å². The van der Waals surface area contributed by atoms with Crippen LogP contribution in [-0.4, -0.2) is 19.0 Å². The van der Waals surface area contributed by atoms with Crippen LogP contribution in [0, 0.1) is 5.82 Å². The predicted octanol–water partition coefficient (Wildman–Crippen LogP) is 5.14. The minimum Gasteiger partial charge on any atom is -0.466 e. The number of nitrogens with two attached hydrogens (primary N) is 1. The molecule has 1 heterocycles. The van der Waals surface area contributed by atoms with Gasteiger partial charge in [-0.1, -0.05) is 30.3 Å². The zero-order valence-corrected chi connectivity index (χ0v) is 19.7. The summed E-state index contributed by atoms with van der Waals surface area (Å²) in [4.78, 5) is 24.6. The van der Waals surface area contributed by atoms with Crippen LogP contribution in [0.3, 0.4) is 0 Å². The number of carbonyl (C=O) groups is 2. The summed E-state index contributed by atoms with van der Waals surface area (Å²) in [6, 6.07) is 19.2. The Morgan fingerprint density at radius 2 is 1.83 bits per heavy atom. The van der Waals surface area contributed by atoms with Crippen molar-refractivity contribution in [2.45, 2.75) is 19.4 Å². The van der Waals surface area contributed by atoms with E-state index in [2.05, 4.69) is 15.4 Å². The lowest BCUT2D eigenvalue weighted by Gasteiger charge is -2.20.